The third-order valence-electron chi connectivity index (χ3n) is 3.07. The number of rotatable bonds is 1. The Morgan fingerprint density at radius 1 is 0.700 bits per heavy atom. The normalized spacial score (nSPS) is 11.2. The number of hydrogen-bond acceptors (Lipinski definition) is 0. The number of halogens is 5. The summed E-state index contributed by atoms with van der Waals surface area (Å²) < 4.78 is 67.1. The number of aromatic amines is 1. The van der Waals surface area contributed by atoms with E-state index in [-0.39, 0.29) is 5.56 Å². The average molecular weight is 283 g/mol. The number of benzene rings is 2. The van der Waals surface area contributed by atoms with Crippen molar-refractivity contribution in [2.75, 3.05) is 0 Å². The molecule has 102 valence electrons. The van der Waals surface area contributed by atoms with Gasteiger partial charge in [-0.15, -0.1) is 0 Å². The zero-order valence-corrected chi connectivity index (χ0v) is 9.78. The zero-order chi connectivity index (χ0) is 14.4. The average Bonchev–Trinajstić information content (AvgIpc) is 2.92. The maximum Gasteiger partial charge on any atom is 0.200 e. The molecule has 0 amide bonds. The van der Waals surface area contributed by atoms with Crippen molar-refractivity contribution in [1.82, 2.24) is 4.98 Å². The predicted octanol–water partition coefficient (Wildman–Crippen LogP) is 4.53. The second-order valence-electron chi connectivity index (χ2n) is 4.19. The van der Waals surface area contributed by atoms with Gasteiger partial charge in [-0.3, -0.25) is 0 Å². The highest BCUT2D eigenvalue weighted by atomic mass is 19.2. The third kappa shape index (κ3) is 1.61. The van der Waals surface area contributed by atoms with Crippen LogP contribution in [-0.4, -0.2) is 4.98 Å². The third-order valence-corrected chi connectivity index (χ3v) is 3.07. The second kappa shape index (κ2) is 4.33. The van der Waals surface area contributed by atoms with Gasteiger partial charge in [0, 0.05) is 11.8 Å². The number of H-pyrrole nitrogens is 1. The van der Waals surface area contributed by atoms with Gasteiger partial charge in [-0.25, -0.2) is 22.0 Å². The first-order valence-corrected chi connectivity index (χ1v) is 5.60. The van der Waals surface area contributed by atoms with Gasteiger partial charge in [0.1, 0.15) is 0 Å². The summed E-state index contributed by atoms with van der Waals surface area (Å²) in [4.78, 5) is 2.72. The van der Waals surface area contributed by atoms with Crippen LogP contribution in [0.1, 0.15) is 0 Å². The van der Waals surface area contributed by atoms with Crippen LogP contribution in [0.4, 0.5) is 22.0 Å². The van der Waals surface area contributed by atoms with Gasteiger partial charge in [0.2, 0.25) is 5.82 Å². The molecule has 3 rings (SSSR count). The van der Waals surface area contributed by atoms with Gasteiger partial charge in [0.15, 0.2) is 23.3 Å². The van der Waals surface area contributed by atoms with Crippen molar-refractivity contribution >= 4 is 10.9 Å². The van der Waals surface area contributed by atoms with Crippen molar-refractivity contribution in [3.05, 3.63) is 59.5 Å². The molecule has 0 saturated carbocycles. The van der Waals surface area contributed by atoms with Gasteiger partial charge in [-0.05, 0) is 11.5 Å². The lowest BCUT2D eigenvalue weighted by Crippen LogP contribution is -2.04. The lowest BCUT2D eigenvalue weighted by Gasteiger charge is -2.09. The summed E-state index contributed by atoms with van der Waals surface area (Å²) in [6.07, 6.45) is 1.51. The highest BCUT2D eigenvalue weighted by Crippen LogP contribution is 2.34. The SMILES string of the molecule is Fc1c(F)c(F)c(-c2cccc3cc[nH]c23)c(F)c1F. The molecule has 0 spiro atoms. The molecule has 1 N–H and O–H groups in total. The van der Waals surface area contributed by atoms with Crippen LogP contribution in [0.15, 0.2) is 30.5 Å². The van der Waals surface area contributed by atoms with Crippen LogP contribution in [-0.2, 0) is 0 Å². The molecule has 0 aliphatic heterocycles. The summed E-state index contributed by atoms with van der Waals surface area (Å²) in [6.45, 7) is 0. The van der Waals surface area contributed by atoms with Gasteiger partial charge in [-0.1, -0.05) is 18.2 Å². The van der Waals surface area contributed by atoms with Gasteiger partial charge < -0.3 is 4.98 Å². The summed E-state index contributed by atoms with van der Waals surface area (Å²) in [5.74, 6) is -9.76. The van der Waals surface area contributed by atoms with Gasteiger partial charge in [0.25, 0.3) is 0 Å². The molecule has 20 heavy (non-hydrogen) atoms. The summed E-state index contributed by atoms with van der Waals surface area (Å²) in [7, 11) is 0. The molecule has 0 aliphatic carbocycles. The Labute approximate surface area is 109 Å². The summed E-state index contributed by atoms with van der Waals surface area (Å²) in [5, 5.41) is 0.603. The Kier molecular flexibility index (Phi) is 2.74. The lowest BCUT2D eigenvalue weighted by molar-refractivity contribution is 0.381. The van der Waals surface area contributed by atoms with Crippen molar-refractivity contribution < 1.29 is 22.0 Å². The maximum absolute atomic E-state index is 13.8. The first kappa shape index (κ1) is 12.7. The van der Waals surface area contributed by atoms with Crippen LogP contribution >= 0.6 is 0 Å². The summed E-state index contributed by atoms with van der Waals surface area (Å²) >= 11 is 0. The Bertz CT molecular complexity index is 793. The smallest absolute Gasteiger partial charge is 0.200 e. The maximum atomic E-state index is 13.8. The van der Waals surface area contributed by atoms with E-state index >= 15 is 0 Å². The van der Waals surface area contributed by atoms with Crippen LogP contribution in [0, 0.1) is 29.1 Å². The Morgan fingerprint density at radius 2 is 1.30 bits per heavy atom. The second-order valence-corrected chi connectivity index (χ2v) is 4.19. The molecule has 0 atom stereocenters. The predicted molar refractivity (Wildman–Crippen MR) is 63.5 cm³/mol. The quantitative estimate of drug-likeness (QED) is 0.383. The van der Waals surface area contributed by atoms with E-state index < -0.39 is 34.6 Å². The van der Waals surface area contributed by atoms with Crippen LogP contribution in [0.25, 0.3) is 22.0 Å². The first-order chi connectivity index (χ1) is 9.52. The van der Waals surface area contributed by atoms with Crippen LogP contribution in [0.2, 0.25) is 0 Å². The van der Waals surface area contributed by atoms with Crippen molar-refractivity contribution in [3.8, 4) is 11.1 Å². The lowest BCUT2D eigenvalue weighted by atomic mass is 10.0. The number of aromatic nitrogens is 1. The molecule has 0 fully saturated rings. The number of para-hydroxylation sites is 1. The highest BCUT2D eigenvalue weighted by molar-refractivity contribution is 5.94. The number of nitrogens with one attached hydrogen (secondary N) is 1. The van der Waals surface area contributed by atoms with E-state index in [1.165, 1.54) is 18.3 Å². The minimum atomic E-state index is -2.16. The molecule has 0 bridgehead atoms. The van der Waals surface area contributed by atoms with E-state index in [9.17, 15) is 22.0 Å². The van der Waals surface area contributed by atoms with Crippen LogP contribution in [0.5, 0.6) is 0 Å². The van der Waals surface area contributed by atoms with Crippen molar-refractivity contribution in [2.45, 2.75) is 0 Å². The Balaban J connectivity index is 2.44. The van der Waals surface area contributed by atoms with Gasteiger partial charge >= 0.3 is 0 Å². The van der Waals surface area contributed by atoms with Gasteiger partial charge in [-0.2, -0.15) is 0 Å². The van der Waals surface area contributed by atoms with E-state index in [4.69, 9.17) is 0 Å². The van der Waals surface area contributed by atoms with Crippen LogP contribution in [0.3, 0.4) is 0 Å². The largest absolute Gasteiger partial charge is 0.361 e. The molecule has 1 heterocycles. The van der Waals surface area contributed by atoms with E-state index in [0.29, 0.717) is 10.9 Å². The van der Waals surface area contributed by atoms with Crippen LogP contribution < -0.4 is 0 Å². The summed E-state index contributed by atoms with van der Waals surface area (Å²) in [6, 6.07) is 6.05. The molecule has 0 radical (unpaired) electrons. The zero-order valence-electron chi connectivity index (χ0n) is 9.78. The van der Waals surface area contributed by atoms with Gasteiger partial charge in [0.05, 0.1) is 11.1 Å². The van der Waals surface area contributed by atoms with Crippen molar-refractivity contribution in [1.29, 1.82) is 0 Å². The molecule has 3 aromatic rings. The number of fused-ring (bicyclic) bond motifs is 1. The fourth-order valence-electron chi connectivity index (χ4n) is 2.13. The molecule has 1 nitrogen and oxygen atoms in total. The summed E-state index contributed by atoms with van der Waals surface area (Å²) in [5.41, 5.74) is -0.717. The fourth-order valence-corrected chi connectivity index (χ4v) is 2.13. The standard InChI is InChI=1S/C14H6F5N/c15-9-8(10(16)12(18)13(19)11(9)17)7-3-1-2-6-4-5-20-14(6)7/h1-5,20H. The molecule has 6 heteroatoms. The molecular weight excluding hydrogens is 277 g/mol. The Hall–Kier alpha value is -2.37. The van der Waals surface area contributed by atoms with E-state index in [1.54, 1.807) is 12.1 Å². The van der Waals surface area contributed by atoms with E-state index in [0.717, 1.165) is 0 Å². The molecule has 0 saturated heterocycles. The molecule has 2 aromatic carbocycles. The van der Waals surface area contributed by atoms with Crippen molar-refractivity contribution in [3.63, 3.8) is 0 Å². The molecule has 0 unspecified atom stereocenters. The monoisotopic (exact) mass is 283 g/mol. The molecular formula is C14H6F5N. The minimum absolute atomic E-state index is 0.0831. The van der Waals surface area contributed by atoms with E-state index in [2.05, 4.69) is 4.98 Å². The number of hydrogen-bond donors (Lipinski definition) is 1. The minimum Gasteiger partial charge on any atom is -0.361 e. The highest BCUT2D eigenvalue weighted by Gasteiger charge is 2.27. The molecule has 0 aliphatic rings. The fraction of sp³-hybridized carbons (Fsp3) is 0. The van der Waals surface area contributed by atoms with E-state index in [1.807, 2.05) is 0 Å². The topological polar surface area (TPSA) is 15.8 Å². The first-order valence-electron chi connectivity index (χ1n) is 5.60. The Morgan fingerprint density at radius 3 is 1.95 bits per heavy atom. The molecule has 1 aromatic heterocycles. The van der Waals surface area contributed by atoms with Crippen molar-refractivity contribution in [2.24, 2.45) is 0 Å².